The van der Waals surface area contributed by atoms with Crippen LogP contribution in [0.25, 0.3) is 0 Å². The Balaban J connectivity index is 4.37. The van der Waals surface area contributed by atoms with Gasteiger partial charge in [0.05, 0.1) is 0 Å². The van der Waals surface area contributed by atoms with Crippen molar-refractivity contribution in [3.05, 3.63) is 48.6 Å². The predicted molar refractivity (Wildman–Crippen MR) is 270 cm³/mol. The number of esters is 3. The number of rotatable bonds is 49. The van der Waals surface area contributed by atoms with Crippen LogP contribution in [0.4, 0.5) is 0 Å². The van der Waals surface area contributed by atoms with Crippen molar-refractivity contribution in [2.75, 3.05) is 13.2 Å². The van der Waals surface area contributed by atoms with Gasteiger partial charge in [-0.05, 0) is 77.0 Å². The molecule has 0 radical (unpaired) electrons. The van der Waals surface area contributed by atoms with Crippen LogP contribution < -0.4 is 0 Å². The molecule has 63 heavy (non-hydrogen) atoms. The summed E-state index contributed by atoms with van der Waals surface area (Å²) in [6.45, 7) is 6.56. The van der Waals surface area contributed by atoms with Gasteiger partial charge < -0.3 is 14.2 Å². The summed E-state index contributed by atoms with van der Waals surface area (Å²) in [5.41, 5.74) is 0. The molecule has 0 aromatic heterocycles. The molecule has 0 aromatic rings. The highest BCUT2D eigenvalue weighted by Crippen LogP contribution is 2.15. The van der Waals surface area contributed by atoms with E-state index in [9.17, 15) is 14.4 Å². The van der Waals surface area contributed by atoms with Crippen molar-refractivity contribution in [3.8, 4) is 0 Å². The highest BCUT2D eigenvalue weighted by molar-refractivity contribution is 5.71. The quantitative estimate of drug-likeness (QED) is 0.0262. The fraction of sp³-hybridized carbons (Fsp3) is 0.807. The van der Waals surface area contributed by atoms with Gasteiger partial charge in [0.25, 0.3) is 0 Å². The molecule has 1 unspecified atom stereocenters. The van der Waals surface area contributed by atoms with Crippen molar-refractivity contribution < 1.29 is 28.6 Å². The van der Waals surface area contributed by atoms with E-state index >= 15 is 0 Å². The van der Waals surface area contributed by atoms with Gasteiger partial charge >= 0.3 is 17.9 Å². The number of carbonyl (C=O) groups excluding carboxylic acids is 3. The highest BCUT2D eigenvalue weighted by Gasteiger charge is 2.19. The lowest BCUT2D eigenvalue weighted by atomic mass is 10.0. The first-order valence-corrected chi connectivity index (χ1v) is 27.1. The van der Waals surface area contributed by atoms with Crippen molar-refractivity contribution in [2.45, 2.75) is 284 Å². The standard InChI is InChI=1S/C57H102O6/c1-4-7-10-13-16-19-22-25-27-28-29-30-33-35-38-41-44-47-50-56(59)62-53-54(52-61-55(58)49-46-43-40-37-34-31-24-21-18-15-12-9-6-3)63-57(60)51-48-45-42-39-36-32-26-23-20-17-14-11-8-5-2/h12,15,19,21-22,24,27-28,54H,4-11,13-14,16-18,20,23,25-26,29-53H2,1-3H3/b15-12-,22-19-,24-21-,28-27-. The smallest absolute Gasteiger partial charge is 0.306 e. The van der Waals surface area contributed by atoms with Gasteiger partial charge in [-0.3, -0.25) is 14.4 Å². The van der Waals surface area contributed by atoms with Gasteiger partial charge in [0.2, 0.25) is 0 Å². The third-order valence-electron chi connectivity index (χ3n) is 11.8. The zero-order chi connectivity index (χ0) is 45.8. The molecule has 0 N–H and O–H groups in total. The first-order valence-electron chi connectivity index (χ1n) is 27.1. The number of ether oxygens (including phenoxy) is 3. The van der Waals surface area contributed by atoms with E-state index in [4.69, 9.17) is 14.2 Å². The van der Waals surface area contributed by atoms with E-state index in [0.717, 1.165) is 96.3 Å². The lowest BCUT2D eigenvalue weighted by molar-refractivity contribution is -0.167. The Bertz CT molecular complexity index is 1110. The van der Waals surface area contributed by atoms with Gasteiger partial charge in [0, 0.05) is 19.3 Å². The molecule has 0 heterocycles. The molecule has 0 spiro atoms. The minimum Gasteiger partial charge on any atom is -0.462 e. The zero-order valence-corrected chi connectivity index (χ0v) is 41.8. The van der Waals surface area contributed by atoms with Gasteiger partial charge in [0.1, 0.15) is 13.2 Å². The summed E-state index contributed by atoms with van der Waals surface area (Å²) in [6, 6.07) is 0. The number of hydrogen-bond acceptors (Lipinski definition) is 6. The lowest BCUT2D eigenvalue weighted by Crippen LogP contribution is -2.30. The second-order valence-corrected chi connectivity index (χ2v) is 18.1. The van der Waals surface area contributed by atoms with E-state index in [1.165, 1.54) is 141 Å². The van der Waals surface area contributed by atoms with Crippen molar-refractivity contribution in [1.29, 1.82) is 0 Å². The van der Waals surface area contributed by atoms with Crippen molar-refractivity contribution >= 4 is 17.9 Å². The van der Waals surface area contributed by atoms with Crippen molar-refractivity contribution in [1.82, 2.24) is 0 Å². The molecular weight excluding hydrogens is 781 g/mol. The number of carbonyl (C=O) groups is 3. The molecule has 0 bridgehead atoms. The SMILES string of the molecule is CCC/C=C\C/C=C\CCCCCCCC(=O)OCC(COC(=O)CCCCCCCCC/C=C\C/C=C\CCCCCC)OC(=O)CCCCCCCCCCCCCCCC. The summed E-state index contributed by atoms with van der Waals surface area (Å²) >= 11 is 0. The molecule has 0 aliphatic rings. The largest absolute Gasteiger partial charge is 0.462 e. The van der Waals surface area contributed by atoms with Crippen LogP contribution in [-0.2, 0) is 28.6 Å². The van der Waals surface area contributed by atoms with E-state index in [1.807, 2.05) is 0 Å². The second kappa shape index (κ2) is 52.0. The third kappa shape index (κ3) is 50.2. The average molecular weight is 883 g/mol. The summed E-state index contributed by atoms with van der Waals surface area (Å²) in [5, 5.41) is 0. The summed E-state index contributed by atoms with van der Waals surface area (Å²) < 4.78 is 16.8. The summed E-state index contributed by atoms with van der Waals surface area (Å²) in [5.74, 6) is -0.890. The minimum absolute atomic E-state index is 0.0795. The zero-order valence-electron chi connectivity index (χ0n) is 41.8. The Labute approximate surface area is 390 Å². The van der Waals surface area contributed by atoms with Crippen LogP contribution in [0.2, 0.25) is 0 Å². The third-order valence-corrected chi connectivity index (χ3v) is 11.8. The second-order valence-electron chi connectivity index (χ2n) is 18.1. The number of hydrogen-bond donors (Lipinski definition) is 0. The number of allylic oxidation sites excluding steroid dienone is 8. The Kier molecular flexibility index (Phi) is 49.8. The van der Waals surface area contributed by atoms with Crippen LogP contribution >= 0.6 is 0 Å². The molecule has 6 nitrogen and oxygen atoms in total. The first-order chi connectivity index (χ1) is 31.0. The molecule has 0 aliphatic carbocycles. The molecule has 0 fully saturated rings. The summed E-state index contributed by atoms with van der Waals surface area (Å²) in [6.07, 6.45) is 62.3. The minimum atomic E-state index is -0.779. The fourth-order valence-electron chi connectivity index (χ4n) is 7.69. The van der Waals surface area contributed by atoms with Gasteiger partial charge in [-0.25, -0.2) is 0 Å². The van der Waals surface area contributed by atoms with Crippen molar-refractivity contribution in [2.24, 2.45) is 0 Å². The number of unbranched alkanes of at least 4 members (excludes halogenated alkanes) is 30. The van der Waals surface area contributed by atoms with E-state index < -0.39 is 6.10 Å². The molecule has 0 saturated heterocycles. The van der Waals surface area contributed by atoms with Gasteiger partial charge in [-0.2, -0.15) is 0 Å². The van der Waals surface area contributed by atoms with Crippen LogP contribution in [-0.4, -0.2) is 37.2 Å². The molecule has 0 amide bonds. The normalized spacial score (nSPS) is 12.4. The predicted octanol–water partition coefficient (Wildman–Crippen LogP) is 17.9. The van der Waals surface area contributed by atoms with E-state index in [1.54, 1.807) is 0 Å². The molecule has 1 atom stereocenters. The van der Waals surface area contributed by atoms with E-state index in [-0.39, 0.29) is 31.1 Å². The Hall–Kier alpha value is -2.63. The molecule has 0 rings (SSSR count). The monoisotopic (exact) mass is 883 g/mol. The Morgan fingerprint density at radius 2 is 0.603 bits per heavy atom. The summed E-state index contributed by atoms with van der Waals surface area (Å²) in [7, 11) is 0. The van der Waals surface area contributed by atoms with Gasteiger partial charge in [-0.1, -0.05) is 230 Å². The van der Waals surface area contributed by atoms with E-state index in [2.05, 4.69) is 69.4 Å². The average Bonchev–Trinajstić information content (AvgIpc) is 3.28. The maximum Gasteiger partial charge on any atom is 0.306 e. The maximum absolute atomic E-state index is 12.8. The van der Waals surface area contributed by atoms with Crippen molar-refractivity contribution in [3.63, 3.8) is 0 Å². The topological polar surface area (TPSA) is 78.9 Å². The van der Waals surface area contributed by atoms with Crippen LogP contribution in [0, 0.1) is 0 Å². The first kappa shape index (κ1) is 60.4. The maximum atomic E-state index is 12.8. The van der Waals surface area contributed by atoms with Gasteiger partial charge in [-0.15, -0.1) is 0 Å². The van der Waals surface area contributed by atoms with Crippen LogP contribution in [0.5, 0.6) is 0 Å². The molecular formula is C57H102O6. The fourth-order valence-corrected chi connectivity index (χ4v) is 7.69. The van der Waals surface area contributed by atoms with E-state index in [0.29, 0.717) is 19.3 Å². The van der Waals surface area contributed by atoms with Gasteiger partial charge in [0.15, 0.2) is 6.10 Å². The van der Waals surface area contributed by atoms with Crippen LogP contribution in [0.15, 0.2) is 48.6 Å². The molecule has 0 aliphatic heterocycles. The molecule has 366 valence electrons. The molecule has 0 saturated carbocycles. The summed E-state index contributed by atoms with van der Waals surface area (Å²) in [4.78, 5) is 38.0. The Morgan fingerprint density at radius 1 is 0.317 bits per heavy atom. The lowest BCUT2D eigenvalue weighted by Gasteiger charge is -2.18. The Morgan fingerprint density at radius 3 is 0.952 bits per heavy atom. The molecule has 6 heteroatoms. The highest BCUT2D eigenvalue weighted by atomic mass is 16.6. The van der Waals surface area contributed by atoms with Crippen LogP contribution in [0.1, 0.15) is 278 Å². The molecule has 0 aromatic carbocycles. The van der Waals surface area contributed by atoms with Crippen LogP contribution in [0.3, 0.4) is 0 Å².